The maximum atomic E-state index is 11.7. The van der Waals surface area contributed by atoms with Crippen LogP contribution in [0.1, 0.15) is 25.5 Å². The standard InChI is InChI=1S/C11H16ClNO2S/c1-4-16(14,15)13(3)9(2)10-7-5-6-8-11(10)12/h5-9H,4H2,1-3H3. The quantitative estimate of drug-likeness (QED) is 0.836. The van der Waals surface area contributed by atoms with Crippen molar-refractivity contribution in [2.45, 2.75) is 19.9 Å². The Labute approximate surface area is 102 Å². The highest BCUT2D eigenvalue weighted by atomic mass is 35.5. The summed E-state index contributed by atoms with van der Waals surface area (Å²) in [6.45, 7) is 3.46. The molecule has 1 aromatic carbocycles. The normalized spacial score (nSPS) is 14.1. The second kappa shape index (κ2) is 5.17. The van der Waals surface area contributed by atoms with Gasteiger partial charge in [-0.15, -0.1) is 0 Å². The first-order valence-electron chi connectivity index (χ1n) is 5.10. The van der Waals surface area contributed by atoms with Crippen molar-refractivity contribution in [1.82, 2.24) is 4.31 Å². The van der Waals surface area contributed by atoms with E-state index >= 15 is 0 Å². The molecule has 0 bridgehead atoms. The van der Waals surface area contributed by atoms with Crippen molar-refractivity contribution in [3.05, 3.63) is 34.9 Å². The molecule has 0 fully saturated rings. The van der Waals surface area contributed by atoms with E-state index in [2.05, 4.69) is 0 Å². The average molecular weight is 262 g/mol. The first-order valence-corrected chi connectivity index (χ1v) is 7.09. The summed E-state index contributed by atoms with van der Waals surface area (Å²) in [5.41, 5.74) is 0.823. The van der Waals surface area contributed by atoms with Gasteiger partial charge < -0.3 is 0 Å². The van der Waals surface area contributed by atoms with Crippen LogP contribution in [0.4, 0.5) is 0 Å². The van der Waals surface area contributed by atoms with E-state index in [9.17, 15) is 8.42 Å². The van der Waals surface area contributed by atoms with Crippen molar-refractivity contribution in [1.29, 1.82) is 0 Å². The first-order chi connectivity index (χ1) is 7.40. The molecule has 5 heteroatoms. The molecule has 0 saturated heterocycles. The second-order valence-corrected chi connectivity index (χ2v) is 6.34. The van der Waals surface area contributed by atoms with E-state index in [4.69, 9.17) is 11.6 Å². The minimum absolute atomic E-state index is 0.0955. The highest BCUT2D eigenvalue weighted by molar-refractivity contribution is 7.89. The van der Waals surface area contributed by atoms with Gasteiger partial charge >= 0.3 is 0 Å². The Morgan fingerprint density at radius 1 is 1.38 bits per heavy atom. The summed E-state index contributed by atoms with van der Waals surface area (Å²) in [6.07, 6.45) is 0. The summed E-state index contributed by atoms with van der Waals surface area (Å²) in [6, 6.07) is 7.03. The molecular formula is C11H16ClNO2S. The number of benzene rings is 1. The molecule has 0 spiro atoms. The van der Waals surface area contributed by atoms with E-state index in [1.54, 1.807) is 20.0 Å². The monoisotopic (exact) mass is 261 g/mol. The summed E-state index contributed by atoms with van der Waals surface area (Å²) in [4.78, 5) is 0. The van der Waals surface area contributed by atoms with Gasteiger partial charge in [-0.25, -0.2) is 8.42 Å². The van der Waals surface area contributed by atoms with Crippen LogP contribution >= 0.6 is 11.6 Å². The lowest BCUT2D eigenvalue weighted by atomic mass is 10.1. The maximum Gasteiger partial charge on any atom is 0.214 e. The number of sulfonamides is 1. The minimum atomic E-state index is -3.19. The molecule has 1 unspecified atom stereocenters. The molecule has 0 radical (unpaired) electrons. The van der Waals surface area contributed by atoms with Crippen LogP contribution < -0.4 is 0 Å². The Balaban J connectivity index is 3.04. The highest BCUT2D eigenvalue weighted by Gasteiger charge is 2.23. The van der Waals surface area contributed by atoms with Crippen molar-refractivity contribution < 1.29 is 8.42 Å². The largest absolute Gasteiger partial charge is 0.214 e. The molecule has 0 N–H and O–H groups in total. The topological polar surface area (TPSA) is 37.4 Å². The lowest BCUT2D eigenvalue weighted by Gasteiger charge is -2.24. The van der Waals surface area contributed by atoms with Gasteiger partial charge in [0.15, 0.2) is 0 Å². The molecule has 0 amide bonds. The molecule has 1 rings (SSSR count). The van der Waals surface area contributed by atoms with Gasteiger partial charge in [0.05, 0.1) is 5.75 Å². The van der Waals surface area contributed by atoms with Crippen molar-refractivity contribution in [3.63, 3.8) is 0 Å². The third-order valence-corrected chi connectivity index (χ3v) is 4.97. The van der Waals surface area contributed by atoms with Gasteiger partial charge in [-0.05, 0) is 25.5 Å². The van der Waals surface area contributed by atoms with Crippen LogP contribution in [0, 0.1) is 0 Å². The Bertz CT molecular complexity index is 459. The van der Waals surface area contributed by atoms with Crippen LogP contribution in [-0.4, -0.2) is 25.5 Å². The van der Waals surface area contributed by atoms with Gasteiger partial charge in [0.25, 0.3) is 0 Å². The predicted molar refractivity (Wildman–Crippen MR) is 67.1 cm³/mol. The average Bonchev–Trinajstić information content (AvgIpc) is 2.27. The molecule has 0 aliphatic rings. The number of nitrogens with zero attached hydrogens (tertiary/aromatic N) is 1. The van der Waals surface area contributed by atoms with Crippen LogP contribution in [0.25, 0.3) is 0 Å². The molecule has 0 aliphatic heterocycles. The second-order valence-electron chi connectivity index (χ2n) is 3.61. The summed E-state index contributed by atoms with van der Waals surface area (Å²) < 4.78 is 24.8. The number of hydrogen-bond donors (Lipinski definition) is 0. The summed E-state index contributed by atoms with van der Waals surface area (Å²) in [5.74, 6) is 0.0955. The van der Waals surface area contributed by atoms with E-state index in [1.165, 1.54) is 4.31 Å². The van der Waals surface area contributed by atoms with Crippen molar-refractivity contribution in [2.24, 2.45) is 0 Å². The summed E-state index contributed by atoms with van der Waals surface area (Å²) in [5, 5.41) is 0.591. The zero-order valence-corrected chi connectivity index (χ0v) is 11.2. The van der Waals surface area contributed by atoms with Gasteiger partial charge in [-0.2, -0.15) is 4.31 Å². The van der Waals surface area contributed by atoms with Gasteiger partial charge in [0.1, 0.15) is 0 Å². The lowest BCUT2D eigenvalue weighted by Crippen LogP contribution is -2.31. The zero-order chi connectivity index (χ0) is 12.3. The minimum Gasteiger partial charge on any atom is -0.212 e. The number of halogens is 1. The predicted octanol–water partition coefficient (Wildman–Crippen LogP) is 2.68. The van der Waals surface area contributed by atoms with Crippen LogP contribution in [0.3, 0.4) is 0 Å². The van der Waals surface area contributed by atoms with Gasteiger partial charge in [-0.3, -0.25) is 0 Å². The fourth-order valence-electron chi connectivity index (χ4n) is 1.45. The molecule has 1 atom stereocenters. The van der Waals surface area contributed by atoms with Crippen molar-refractivity contribution >= 4 is 21.6 Å². The molecule has 0 aliphatic carbocycles. The maximum absolute atomic E-state index is 11.7. The molecule has 90 valence electrons. The molecule has 0 heterocycles. The Hall–Kier alpha value is -0.580. The van der Waals surface area contributed by atoms with E-state index < -0.39 is 10.0 Å². The third-order valence-electron chi connectivity index (χ3n) is 2.70. The fourth-order valence-corrected chi connectivity index (χ4v) is 2.75. The van der Waals surface area contributed by atoms with Crippen molar-refractivity contribution in [2.75, 3.05) is 12.8 Å². The highest BCUT2D eigenvalue weighted by Crippen LogP contribution is 2.27. The SMILES string of the molecule is CCS(=O)(=O)N(C)C(C)c1ccccc1Cl. The van der Waals surface area contributed by atoms with E-state index in [0.717, 1.165) is 5.56 Å². The fraction of sp³-hybridized carbons (Fsp3) is 0.455. The van der Waals surface area contributed by atoms with Crippen LogP contribution in [0.15, 0.2) is 24.3 Å². The zero-order valence-electron chi connectivity index (χ0n) is 9.64. The summed E-state index contributed by atoms with van der Waals surface area (Å²) >= 11 is 6.03. The first kappa shape index (κ1) is 13.5. The molecule has 1 aromatic rings. The van der Waals surface area contributed by atoms with Crippen LogP contribution in [0.5, 0.6) is 0 Å². The number of rotatable bonds is 4. The van der Waals surface area contributed by atoms with Crippen LogP contribution in [0.2, 0.25) is 5.02 Å². The molecule has 3 nitrogen and oxygen atoms in total. The van der Waals surface area contributed by atoms with E-state index in [-0.39, 0.29) is 11.8 Å². The Morgan fingerprint density at radius 2 is 1.94 bits per heavy atom. The Kier molecular flexibility index (Phi) is 4.35. The van der Waals surface area contributed by atoms with E-state index in [0.29, 0.717) is 5.02 Å². The van der Waals surface area contributed by atoms with Crippen LogP contribution in [-0.2, 0) is 10.0 Å². The summed E-state index contributed by atoms with van der Waals surface area (Å²) in [7, 11) is -1.61. The molecule has 0 aromatic heterocycles. The van der Waals surface area contributed by atoms with Gasteiger partial charge in [0, 0.05) is 18.1 Å². The lowest BCUT2D eigenvalue weighted by molar-refractivity contribution is 0.399. The van der Waals surface area contributed by atoms with Gasteiger partial charge in [-0.1, -0.05) is 29.8 Å². The number of hydrogen-bond acceptors (Lipinski definition) is 2. The Morgan fingerprint density at radius 3 is 2.44 bits per heavy atom. The molecule has 0 saturated carbocycles. The van der Waals surface area contributed by atoms with E-state index in [1.807, 2.05) is 25.1 Å². The molecule has 16 heavy (non-hydrogen) atoms. The smallest absolute Gasteiger partial charge is 0.212 e. The molecular weight excluding hydrogens is 246 g/mol. The third kappa shape index (κ3) is 2.75. The van der Waals surface area contributed by atoms with Crippen molar-refractivity contribution in [3.8, 4) is 0 Å². The van der Waals surface area contributed by atoms with Gasteiger partial charge in [0.2, 0.25) is 10.0 Å².